The molecule has 0 fully saturated rings. The number of rotatable bonds is 9. The zero-order valence-electron chi connectivity index (χ0n) is 19.3. The highest BCUT2D eigenvalue weighted by atomic mass is 16.5. The molecule has 0 aliphatic carbocycles. The first-order valence-corrected chi connectivity index (χ1v) is 10.4. The molecule has 170 valence electrons. The predicted molar refractivity (Wildman–Crippen MR) is 120 cm³/mol. The molecular formula is C24H29N3O5. The maximum absolute atomic E-state index is 13.1. The lowest BCUT2D eigenvalue weighted by Crippen LogP contribution is -2.43. The molecule has 3 rings (SSSR count). The summed E-state index contributed by atoms with van der Waals surface area (Å²) in [5.41, 5.74) is 1.78. The zero-order valence-corrected chi connectivity index (χ0v) is 19.3. The van der Waals surface area contributed by atoms with Crippen LogP contribution in [0.1, 0.15) is 32.2 Å². The highest BCUT2D eigenvalue weighted by molar-refractivity contribution is 5.81. The fourth-order valence-corrected chi connectivity index (χ4v) is 3.25. The topological polar surface area (TPSA) is 86.9 Å². The van der Waals surface area contributed by atoms with Gasteiger partial charge >= 0.3 is 0 Å². The second-order valence-electron chi connectivity index (χ2n) is 7.72. The summed E-state index contributed by atoms with van der Waals surface area (Å²) in [6, 6.07) is 12.9. The van der Waals surface area contributed by atoms with Crippen molar-refractivity contribution < 1.29 is 23.5 Å². The average Bonchev–Trinajstić information content (AvgIpc) is 3.25. The number of benzene rings is 2. The first-order valence-electron chi connectivity index (χ1n) is 10.4. The monoisotopic (exact) mass is 439 g/mol. The highest BCUT2D eigenvalue weighted by Gasteiger charge is 2.26. The molecular weight excluding hydrogens is 410 g/mol. The number of aromatic nitrogens is 2. The van der Waals surface area contributed by atoms with Gasteiger partial charge < -0.3 is 23.6 Å². The van der Waals surface area contributed by atoms with Crippen molar-refractivity contribution in [2.75, 3.05) is 14.2 Å². The van der Waals surface area contributed by atoms with E-state index in [2.05, 4.69) is 10.1 Å². The summed E-state index contributed by atoms with van der Waals surface area (Å²) < 4.78 is 21.9. The molecule has 0 N–H and O–H groups in total. The fourth-order valence-electron chi connectivity index (χ4n) is 3.25. The van der Waals surface area contributed by atoms with Crippen molar-refractivity contribution in [1.82, 2.24) is 15.0 Å². The number of ether oxygens (including phenoxy) is 3. The van der Waals surface area contributed by atoms with E-state index in [0.717, 1.165) is 11.1 Å². The van der Waals surface area contributed by atoms with Crippen molar-refractivity contribution in [2.45, 2.75) is 46.4 Å². The van der Waals surface area contributed by atoms with E-state index < -0.39 is 6.10 Å². The molecule has 0 bridgehead atoms. The van der Waals surface area contributed by atoms with Gasteiger partial charge in [0.15, 0.2) is 17.6 Å². The van der Waals surface area contributed by atoms with E-state index in [1.54, 1.807) is 38.2 Å². The Labute approximate surface area is 188 Å². The minimum atomic E-state index is -0.660. The summed E-state index contributed by atoms with van der Waals surface area (Å²) in [4.78, 5) is 19.2. The Morgan fingerprint density at radius 2 is 1.81 bits per heavy atom. The number of hydrogen-bond acceptors (Lipinski definition) is 7. The molecule has 1 aromatic heterocycles. The summed E-state index contributed by atoms with van der Waals surface area (Å²) in [5, 5.41) is 4.06. The number of carbonyl (C=O) groups excluding carboxylic acids is 1. The summed E-state index contributed by atoms with van der Waals surface area (Å²) in [5.74, 6) is 2.41. The molecule has 0 saturated heterocycles. The molecule has 1 heterocycles. The molecule has 3 aromatic rings. The molecule has 32 heavy (non-hydrogen) atoms. The van der Waals surface area contributed by atoms with Gasteiger partial charge in [-0.15, -0.1) is 0 Å². The van der Waals surface area contributed by atoms with Gasteiger partial charge in [0.05, 0.1) is 14.2 Å². The number of amides is 1. The normalized spacial score (nSPS) is 11.8. The maximum Gasteiger partial charge on any atom is 0.264 e. The lowest BCUT2D eigenvalue weighted by molar-refractivity contribution is -0.140. The summed E-state index contributed by atoms with van der Waals surface area (Å²) in [7, 11) is 3.14. The van der Waals surface area contributed by atoms with Gasteiger partial charge in [0.1, 0.15) is 12.3 Å². The van der Waals surface area contributed by atoms with Gasteiger partial charge in [-0.2, -0.15) is 4.98 Å². The Balaban J connectivity index is 1.74. The molecule has 1 atom stereocenters. The molecule has 1 amide bonds. The number of aryl methyl sites for hydroxylation is 1. The Kier molecular flexibility index (Phi) is 7.35. The maximum atomic E-state index is 13.1. The summed E-state index contributed by atoms with van der Waals surface area (Å²) >= 11 is 0. The van der Waals surface area contributed by atoms with E-state index in [4.69, 9.17) is 18.7 Å². The first-order chi connectivity index (χ1) is 15.3. The Hall–Kier alpha value is -3.55. The molecule has 8 heteroatoms. The Morgan fingerprint density at radius 3 is 2.47 bits per heavy atom. The molecule has 0 radical (unpaired) electrons. The van der Waals surface area contributed by atoms with Crippen molar-refractivity contribution in [3.8, 4) is 28.6 Å². The van der Waals surface area contributed by atoms with E-state index in [1.165, 1.54) is 0 Å². The molecule has 0 spiro atoms. The third-order valence-electron chi connectivity index (χ3n) is 4.97. The van der Waals surface area contributed by atoms with Crippen LogP contribution in [0.15, 0.2) is 47.0 Å². The number of methoxy groups -OCH3 is 2. The van der Waals surface area contributed by atoms with Crippen molar-refractivity contribution in [2.24, 2.45) is 0 Å². The summed E-state index contributed by atoms with van der Waals surface area (Å²) in [6.07, 6.45) is -0.660. The minimum Gasteiger partial charge on any atom is -0.493 e. The van der Waals surface area contributed by atoms with Gasteiger partial charge in [-0.3, -0.25) is 4.79 Å². The van der Waals surface area contributed by atoms with E-state index in [9.17, 15) is 4.79 Å². The Morgan fingerprint density at radius 1 is 1.06 bits per heavy atom. The lowest BCUT2D eigenvalue weighted by atomic mass is 10.2. The average molecular weight is 440 g/mol. The van der Waals surface area contributed by atoms with Crippen LogP contribution >= 0.6 is 0 Å². The molecule has 0 saturated carbocycles. The van der Waals surface area contributed by atoms with Gasteiger partial charge in [0, 0.05) is 11.6 Å². The molecule has 2 aromatic carbocycles. The van der Waals surface area contributed by atoms with Gasteiger partial charge in [0.25, 0.3) is 5.91 Å². The predicted octanol–water partition coefficient (Wildman–Crippen LogP) is 4.27. The van der Waals surface area contributed by atoms with E-state index in [1.807, 2.05) is 51.1 Å². The highest BCUT2D eigenvalue weighted by Crippen LogP contribution is 2.31. The summed E-state index contributed by atoms with van der Waals surface area (Å²) in [6.45, 7) is 7.76. The molecule has 0 aliphatic heterocycles. The van der Waals surface area contributed by atoms with Crippen LogP contribution in [-0.4, -0.2) is 47.3 Å². The van der Waals surface area contributed by atoms with Crippen LogP contribution in [0.25, 0.3) is 11.4 Å². The first kappa shape index (κ1) is 23.1. The molecule has 8 nitrogen and oxygen atoms in total. The zero-order chi connectivity index (χ0) is 23.3. The van der Waals surface area contributed by atoms with Crippen LogP contribution in [-0.2, 0) is 11.3 Å². The van der Waals surface area contributed by atoms with Crippen molar-refractivity contribution in [1.29, 1.82) is 0 Å². The minimum absolute atomic E-state index is 0.0810. The second-order valence-corrected chi connectivity index (χ2v) is 7.72. The molecule has 0 aliphatic rings. The second kappa shape index (κ2) is 10.2. The standard InChI is InChI=1S/C24H29N3O5/c1-15(2)27(24(28)17(4)31-19-9-7-8-16(3)12-19)14-22-25-23(26-32-22)18-10-11-20(29-5)21(13-18)30-6/h7-13,15,17H,14H2,1-6H3. The number of carbonyl (C=O) groups is 1. The quantitative estimate of drug-likeness (QED) is 0.492. The third kappa shape index (κ3) is 5.38. The lowest BCUT2D eigenvalue weighted by Gasteiger charge is -2.28. The van der Waals surface area contributed by atoms with Crippen LogP contribution < -0.4 is 14.2 Å². The number of hydrogen-bond donors (Lipinski definition) is 0. The SMILES string of the molecule is COc1ccc(-c2noc(CN(C(=O)C(C)Oc3cccc(C)c3)C(C)C)n2)cc1OC. The third-order valence-corrected chi connectivity index (χ3v) is 4.97. The van der Waals surface area contributed by atoms with Crippen LogP contribution in [0.2, 0.25) is 0 Å². The smallest absolute Gasteiger partial charge is 0.264 e. The van der Waals surface area contributed by atoms with E-state index in [0.29, 0.717) is 29.0 Å². The Bertz CT molecular complexity index is 1060. The number of nitrogens with zero attached hydrogens (tertiary/aromatic N) is 3. The van der Waals surface area contributed by atoms with Gasteiger partial charge in [0.2, 0.25) is 11.7 Å². The van der Waals surface area contributed by atoms with Crippen molar-refractivity contribution >= 4 is 5.91 Å². The largest absolute Gasteiger partial charge is 0.493 e. The molecule has 1 unspecified atom stereocenters. The van der Waals surface area contributed by atoms with Crippen molar-refractivity contribution in [3.63, 3.8) is 0 Å². The van der Waals surface area contributed by atoms with Gasteiger partial charge in [-0.1, -0.05) is 17.3 Å². The van der Waals surface area contributed by atoms with Gasteiger partial charge in [-0.25, -0.2) is 0 Å². The van der Waals surface area contributed by atoms with Crippen LogP contribution in [0, 0.1) is 6.92 Å². The van der Waals surface area contributed by atoms with E-state index >= 15 is 0 Å². The van der Waals surface area contributed by atoms with Crippen LogP contribution in [0.4, 0.5) is 0 Å². The fraction of sp³-hybridized carbons (Fsp3) is 0.375. The van der Waals surface area contributed by atoms with Crippen LogP contribution in [0.3, 0.4) is 0 Å². The van der Waals surface area contributed by atoms with Crippen molar-refractivity contribution in [3.05, 3.63) is 53.9 Å². The van der Waals surface area contributed by atoms with E-state index in [-0.39, 0.29) is 18.5 Å². The van der Waals surface area contributed by atoms with Gasteiger partial charge in [-0.05, 0) is 63.6 Å². The van der Waals surface area contributed by atoms with Crippen LogP contribution in [0.5, 0.6) is 17.2 Å².